The lowest BCUT2D eigenvalue weighted by atomic mass is 10.1. The molecule has 0 unspecified atom stereocenters. The molecule has 0 saturated carbocycles. The van der Waals surface area contributed by atoms with Crippen LogP contribution in [0.4, 0.5) is 13.2 Å². The smallest absolute Gasteiger partial charge is 0.295 e. The summed E-state index contributed by atoms with van der Waals surface area (Å²) < 4.78 is 40.2. The number of aromatic nitrogens is 3. The third-order valence-electron chi connectivity index (χ3n) is 4.03. The van der Waals surface area contributed by atoms with E-state index < -0.39 is 11.7 Å². The molecule has 2 aromatic heterocycles. The number of hydrogen-bond acceptors (Lipinski definition) is 2. The summed E-state index contributed by atoms with van der Waals surface area (Å²) >= 11 is 0. The zero-order valence-electron chi connectivity index (χ0n) is 12.7. The Balaban J connectivity index is 2.00. The normalized spacial score (nSPS) is 12.2. The molecule has 0 fully saturated rings. The molecule has 0 atom stereocenters. The number of nitrogens with zero attached hydrogens (tertiary/aromatic N) is 3. The van der Waals surface area contributed by atoms with Gasteiger partial charge in [-0.15, -0.1) is 0 Å². The van der Waals surface area contributed by atoms with Gasteiger partial charge >= 0.3 is 6.18 Å². The number of aryl methyl sites for hydroxylation is 1. The van der Waals surface area contributed by atoms with Crippen LogP contribution >= 0.6 is 0 Å². The van der Waals surface area contributed by atoms with E-state index in [0.29, 0.717) is 11.3 Å². The highest BCUT2D eigenvalue weighted by molar-refractivity contribution is 5.88. The van der Waals surface area contributed by atoms with Crippen LogP contribution in [0.25, 0.3) is 27.8 Å². The maximum atomic E-state index is 12.8. The Morgan fingerprint density at radius 3 is 2.38 bits per heavy atom. The lowest BCUT2D eigenvalue weighted by Gasteiger charge is -2.10. The van der Waals surface area contributed by atoms with E-state index in [0.717, 1.165) is 34.4 Å². The van der Waals surface area contributed by atoms with Crippen LogP contribution in [0.2, 0.25) is 0 Å². The standard InChI is InChI=1S/C18H12F3N3/c1-11-17-16(12-6-8-13(9-7-12)18(19,20)21)23-14-4-2-3-5-15(14)24(17)10-22-11/h2-10H,1H3. The van der Waals surface area contributed by atoms with Crippen LogP contribution in [0.5, 0.6) is 0 Å². The van der Waals surface area contributed by atoms with Crippen LogP contribution in [-0.4, -0.2) is 14.4 Å². The Morgan fingerprint density at radius 1 is 0.958 bits per heavy atom. The van der Waals surface area contributed by atoms with Gasteiger partial charge in [0.05, 0.1) is 33.5 Å². The Labute approximate surface area is 135 Å². The minimum absolute atomic E-state index is 0.623. The summed E-state index contributed by atoms with van der Waals surface area (Å²) in [6.45, 7) is 1.86. The second-order valence-electron chi connectivity index (χ2n) is 5.57. The second-order valence-corrected chi connectivity index (χ2v) is 5.57. The quantitative estimate of drug-likeness (QED) is 0.499. The monoisotopic (exact) mass is 327 g/mol. The highest BCUT2D eigenvalue weighted by Gasteiger charge is 2.30. The summed E-state index contributed by atoms with van der Waals surface area (Å²) in [6.07, 6.45) is -2.64. The minimum Gasteiger partial charge on any atom is -0.295 e. The zero-order chi connectivity index (χ0) is 16.9. The topological polar surface area (TPSA) is 30.2 Å². The van der Waals surface area contributed by atoms with E-state index in [4.69, 9.17) is 0 Å². The fourth-order valence-corrected chi connectivity index (χ4v) is 2.86. The van der Waals surface area contributed by atoms with Gasteiger partial charge in [0.25, 0.3) is 0 Å². The zero-order valence-corrected chi connectivity index (χ0v) is 12.7. The van der Waals surface area contributed by atoms with Gasteiger partial charge in [0.1, 0.15) is 6.33 Å². The van der Waals surface area contributed by atoms with Crippen molar-refractivity contribution in [2.24, 2.45) is 0 Å². The lowest BCUT2D eigenvalue weighted by molar-refractivity contribution is -0.137. The van der Waals surface area contributed by atoms with E-state index >= 15 is 0 Å². The molecular weight excluding hydrogens is 315 g/mol. The third kappa shape index (κ3) is 2.22. The number of hydrogen-bond donors (Lipinski definition) is 0. The van der Waals surface area contributed by atoms with Crippen molar-refractivity contribution in [3.63, 3.8) is 0 Å². The van der Waals surface area contributed by atoms with E-state index in [-0.39, 0.29) is 0 Å². The molecular formula is C18H12F3N3. The first kappa shape index (κ1) is 14.7. The molecule has 0 amide bonds. The van der Waals surface area contributed by atoms with Crippen LogP contribution in [0.15, 0.2) is 54.9 Å². The van der Waals surface area contributed by atoms with Gasteiger partial charge < -0.3 is 0 Å². The Kier molecular flexibility index (Phi) is 3.09. The number of imidazole rings is 1. The summed E-state index contributed by atoms with van der Waals surface area (Å²) in [7, 11) is 0. The molecule has 0 radical (unpaired) electrons. The van der Waals surface area contributed by atoms with Crippen LogP contribution in [0.1, 0.15) is 11.3 Å². The molecule has 4 aromatic rings. The minimum atomic E-state index is -4.35. The molecule has 120 valence electrons. The van der Waals surface area contributed by atoms with E-state index in [1.54, 1.807) is 6.33 Å². The fraction of sp³-hybridized carbons (Fsp3) is 0.111. The number of halogens is 3. The van der Waals surface area contributed by atoms with Gasteiger partial charge in [0.15, 0.2) is 0 Å². The van der Waals surface area contributed by atoms with E-state index in [9.17, 15) is 13.2 Å². The van der Waals surface area contributed by atoms with Gasteiger partial charge in [-0.1, -0.05) is 24.3 Å². The van der Waals surface area contributed by atoms with Crippen molar-refractivity contribution in [1.29, 1.82) is 0 Å². The molecule has 24 heavy (non-hydrogen) atoms. The number of alkyl halides is 3. The van der Waals surface area contributed by atoms with Crippen molar-refractivity contribution in [2.75, 3.05) is 0 Å². The summed E-state index contributed by atoms with van der Waals surface area (Å²) in [4.78, 5) is 8.99. The van der Waals surface area contributed by atoms with Gasteiger partial charge in [0, 0.05) is 5.56 Å². The van der Waals surface area contributed by atoms with Gasteiger partial charge in [-0.05, 0) is 31.2 Å². The summed E-state index contributed by atoms with van der Waals surface area (Å²) in [5.74, 6) is 0. The predicted molar refractivity (Wildman–Crippen MR) is 85.7 cm³/mol. The van der Waals surface area contributed by atoms with Gasteiger partial charge in [-0.25, -0.2) is 9.97 Å². The molecule has 0 saturated heterocycles. The molecule has 0 bridgehead atoms. The number of rotatable bonds is 1. The third-order valence-corrected chi connectivity index (χ3v) is 4.03. The SMILES string of the molecule is Cc1ncn2c1c(-c1ccc(C(F)(F)F)cc1)nc1ccccc12. The summed E-state index contributed by atoms with van der Waals surface area (Å²) in [5.41, 5.74) is 3.82. The van der Waals surface area contributed by atoms with Crippen LogP contribution in [-0.2, 0) is 6.18 Å². The number of fused-ring (bicyclic) bond motifs is 3. The molecule has 0 N–H and O–H groups in total. The average Bonchev–Trinajstić information content (AvgIpc) is 2.96. The Bertz CT molecular complexity index is 1050. The molecule has 0 aliphatic heterocycles. The van der Waals surface area contributed by atoms with Crippen LogP contribution in [0, 0.1) is 6.92 Å². The molecule has 3 nitrogen and oxygen atoms in total. The maximum absolute atomic E-state index is 12.8. The van der Waals surface area contributed by atoms with Gasteiger partial charge in [-0.3, -0.25) is 4.40 Å². The number of para-hydroxylation sites is 2. The maximum Gasteiger partial charge on any atom is 0.416 e. The highest BCUT2D eigenvalue weighted by Crippen LogP contribution is 2.33. The van der Waals surface area contributed by atoms with Gasteiger partial charge in [-0.2, -0.15) is 13.2 Å². The van der Waals surface area contributed by atoms with Crippen molar-refractivity contribution in [2.45, 2.75) is 13.1 Å². The Morgan fingerprint density at radius 2 is 1.67 bits per heavy atom. The van der Waals surface area contributed by atoms with E-state index in [1.807, 2.05) is 35.6 Å². The molecule has 0 aliphatic rings. The first-order chi connectivity index (χ1) is 11.4. The van der Waals surface area contributed by atoms with Crippen molar-refractivity contribution < 1.29 is 13.2 Å². The first-order valence-corrected chi connectivity index (χ1v) is 7.35. The highest BCUT2D eigenvalue weighted by atomic mass is 19.4. The van der Waals surface area contributed by atoms with Crippen LogP contribution < -0.4 is 0 Å². The molecule has 4 rings (SSSR count). The summed E-state index contributed by atoms with van der Waals surface area (Å²) in [5, 5.41) is 0. The average molecular weight is 327 g/mol. The first-order valence-electron chi connectivity index (χ1n) is 7.35. The molecule has 0 aliphatic carbocycles. The second kappa shape index (κ2) is 5.06. The molecule has 2 heterocycles. The molecule has 2 aromatic carbocycles. The Hall–Kier alpha value is -2.89. The fourth-order valence-electron chi connectivity index (χ4n) is 2.86. The largest absolute Gasteiger partial charge is 0.416 e. The van der Waals surface area contributed by atoms with E-state index in [2.05, 4.69) is 9.97 Å². The van der Waals surface area contributed by atoms with E-state index in [1.165, 1.54) is 12.1 Å². The lowest BCUT2D eigenvalue weighted by Crippen LogP contribution is -2.04. The van der Waals surface area contributed by atoms with Crippen molar-refractivity contribution in [1.82, 2.24) is 14.4 Å². The van der Waals surface area contributed by atoms with Crippen molar-refractivity contribution in [3.8, 4) is 11.3 Å². The molecule has 6 heteroatoms. The van der Waals surface area contributed by atoms with Gasteiger partial charge in [0.2, 0.25) is 0 Å². The summed E-state index contributed by atoms with van der Waals surface area (Å²) in [6, 6.07) is 12.7. The predicted octanol–water partition coefficient (Wildman–Crippen LogP) is 4.88. The van der Waals surface area contributed by atoms with Crippen molar-refractivity contribution >= 4 is 16.6 Å². The molecule has 0 spiro atoms. The van der Waals surface area contributed by atoms with Crippen molar-refractivity contribution in [3.05, 3.63) is 66.1 Å². The number of benzene rings is 2. The van der Waals surface area contributed by atoms with Crippen LogP contribution in [0.3, 0.4) is 0 Å².